The maximum Gasteiger partial charge on any atom is 0.262 e. The van der Waals surface area contributed by atoms with Gasteiger partial charge in [0.15, 0.2) is 0 Å². The minimum absolute atomic E-state index is 0.161. The third-order valence-corrected chi connectivity index (χ3v) is 4.54. The van der Waals surface area contributed by atoms with Crippen LogP contribution in [-0.4, -0.2) is 37.6 Å². The van der Waals surface area contributed by atoms with E-state index in [0.29, 0.717) is 0 Å². The van der Waals surface area contributed by atoms with E-state index in [9.17, 15) is 22.8 Å². The number of nitrogens with two attached hydrogens (primary N) is 1. The lowest BCUT2D eigenvalue weighted by molar-refractivity contribution is -0.116. The number of hydrogen-bond acceptors (Lipinski definition) is 5. The van der Waals surface area contributed by atoms with Crippen LogP contribution in [0.15, 0.2) is 53.4 Å². The molecule has 0 unspecified atom stereocenters. The Morgan fingerprint density at radius 3 is 2.16 bits per heavy atom. The summed E-state index contributed by atoms with van der Waals surface area (Å²) < 4.78 is 22.7. The molecule has 1 aliphatic heterocycles. The van der Waals surface area contributed by atoms with Crippen LogP contribution in [0, 0.1) is 0 Å². The molecule has 3 rings (SSSR count). The first-order chi connectivity index (χ1) is 11.8. The number of imide groups is 1. The fourth-order valence-electron chi connectivity index (χ4n) is 2.48. The lowest BCUT2D eigenvalue weighted by atomic mass is 10.1. The van der Waals surface area contributed by atoms with Gasteiger partial charge in [-0.25, -0.2) is 13.6 Å². The van der Waals surface area contributed by atoms with Crippen LogP contribution < -0.4 is 10.5 Å². The molecule has 0 radical (unpaired) electrons. The SMILES string of the molecule is NS(=O)(=O)c1cccc(NC(=O)CN2C(=O)c3ccccc3C2=O)c1. The number of nitrogens with one attached hydrogen (secondary N) is 1. The second-order valence-electron chi connectivity index (χ2n) is 5.36. The Labute approximate surface area is 143 Å². The van der Waals surface area contributed by atoms with E-state index in [0.717, 1.165) is 4.90 Å². The van der Waals surface area contributed by atoms with Gasteiger partial charge in [0.25, 0.3) is 11.8 Å². The molecule has 0 bridgehead atoms. The number of sulfonamides is 1. The molecule has 0 aliphatic carbocycles. The molecule has 0 saturated heterocycles. The summed E-state index contributed by atoms with van der Waals surface area (Å²) in [6.45, 7) is -0.480. The molecule has 0 saturated carbocycles. The molecule has 2 aromatic carbocycles. The number of fused-ring (bicyclic) bond motifs is 1. The van der Waals surface area contributed by atoms with Gasteiger partial charge in [-0.2, -0.15) is 0 Å². The number of anilines is 1. The molecule has 1 heterocycles. The van der Waals surface area contributed by atoms with Crippen LogP contribution in [0.5, 0.6) is 0 Å². The van der Waals surface area contributed by atoms with Crippen molar-refractivity contribution < 1.29 is 22.8 Å². The van der Waals surface area contributed by atoms with Crippen LogP contribution in [0.1, 0.15) is 20.7 Å². The number of amides is 3. The molecule has 25 heavy (non-hydrogen) atoms. The van der Waals surface area contributed by atoms with Crippen molar-refractivity contribution in [1.29, 1.82) is 0 Å². The standard InChI is InChI=1S/C16H13N3O5S/c17-25(23,24)11-5-3-4-10(8-11)18-14(20)9-19-15(21)12-6-1-2-7-13(12)16(19)22/h1-8H,9H2,(H,18,20)(H2,17,23,24). The van der Waals surface area contributed by atoms with Crippen LogP contribution in [0.3, 0.4) is 0 Å². The van der Waals surface area contributed by atoms with E-state index >= 15 is 0 Å². The number of carbonyl (C=O) groups is 3. The second-order valence-corrected chi connectivity index (χ2v) is 6.92. The van der Waals surface area contributed by atoms with Gasteiger partial charge in [0.05, 0.1) is 16.0 Å². The van der Waals surface area contributed by atoms with Crippen LogP contribution >= 0.6 is 0 Å². The first-order valence-corrected chi connectivity index (χ1v) is 8.70. The highest BCUT2D eigenvalue weighted by Gasteiger charge is 2.36. The lowest BCUT2D eigenvalue weighted by Crippen LogP contribution is -2.37. The average Bonchev–Trinajstić information content (AvgIpc) is 2.80. The van der Waals surface area contributed by atoms with Gasteiger partial charge >= 0.3 is 0 Å². The largest absolute Gasteiger partial charge is 0.324 e. The molecule has 128 valence electrons. The van der Waals surface area contributed by atoms with E-state index in [2.05, 4.69) is 5.32 Å². The molecule has 0 aromatic heterocycles. The van der Waals surface area contributed by atoms with Crippen LogP contribution in [0.25, 0.3) is 0 Å². The minimum atomic E-state index is -3.91. The molecule has 0 atom stereocenters. The molecule has 2 aromatic rings. The van der Waals surface area contributed by atoms with E-state index in [1.807, 2.05) is 0 Å². The van der Waals surface area contributed by atoms with E-state index in [4.69, 9.17) is 5.14 Å². The Morgan fingerprint density at radius 2 is 1.60 bits per heavy atom. The predicted octanol–water partition coefficient (Wildman–Crippen LogP) is 0.569. The molecular formula is C16H13N3O5S. The molecule has 0 spiro atoms. The highest BCUT2D eigenvalue weighted by atomic mass is 32.2. The van der Waals surface area contributed by atoms with Gasteiger partial charge in [-0.3, -0.25) is 19.3 Å². The van der Waals surface area contributed by atoms with Gasteiger partial charge in [0.2, 0.25) is 15.9 Å². The van der Waals surface area contributed by atoms with Crippen molar-refractivity contribution in [3.05, 3.63) is 59.7 Å². The monoisotopic (exact) mass is 359 g/mol. The first-order valence-electron chi connectivity index (χ1n) is 7.15. The number of nitrogens with zero attached hydrogens (tertiary/aromatic N) is 1. The van der Waals surface area contributed by atoms with Crippen LogP contribution in [0.4, 0.5) is 5.69 Å². The fourth-order valence-corrected chi connectivity index (χ4v) is 3.04. The summed E-state index contributed by atoms with van der Waals surface area (Å²) in [5, 5.41) is 7.48. The normalized spacial score (nSPS) is 13.7. The number of primary sulfonamides is 1. The number of hydrogen-bond donors (Lipinski definition) is 2. The maximum atomic E-state index is 12.2. The molecule has 1 aliphatic rings. The zero-order valence-corrected chi connectivity index (χ0v) is 13.6. The summed E-state index contributed by atoms with van der Waals surface area (Å²) in [7, 11) is -3.91. The molecular weight excluding hydrogens is 346 g/mol. The molecule has 3 amide bonds. The minimum Gasteiger partial charge on any atom is -0.324 e. The van der Waals surface area contributed by atoms with E-state index < -0.39 is 34.3 Å². The zero-order chi connectivity index (χ0) is 18.2. The Bertz CT molecular complexity index is 965. The predicted molar refractivity (Wildman–Crippen MR) is 88.3 cm³/mol. The highest BCUT2D eigenvalue weighted by Crippen LogP contribution is 2.22. The molecule has 0 fully saturated rings. The molecule has 9 heteroatoms. The van der Waals surface area contributed by atoms with Gasteiger partial charge in [-0.15, -0.1) is 0 Å². The highest BCUT2D eigenvalue weighted by molar-refractivity contribution is 7.89. The lowest BCUT2D eigenvalue weighted by Gasteiger charge is -2.14. The van der Waals surface area contributed by atoms with Gasteiger partial charge in [-0.05, 0) is 30.3 Å². The molecule has 8 nitrogen and oxygen atoms in total. The van der Waals surface area contributed by atoms with Crippen molar-refractivity contribution in [1.82, 2.24) is 4.90 Å². The van der Waals surface area contributed by atoms with E-state index in [1.54, 1.807) is 12.1 Å². The number of rotatable bonds is 4. The van der Waals surface area contributed by atoms with Gasteiger partial charge in [0, 0.05) is 5.69 Å². The smallest absolute Gasteiger partial charge is 0.262 e. The van der Waals surface area contributed by atoms with Crippen molar-refractivity contribution in [3.8, 4) is 0 Å². The topological polar surface area (TPSA) is 127 Å². The quantitative estimate of drug-likeness (QED) is 0.772. The van der Waals surface area contributed by atoms with E-state index in [-0.39, 0.29) is 21.7 Å². The average molecular weight is 359 g/mol. The summed E-state index contributed by atoms with van der Waals surface area (Å²) in [5.41, 5.74) is 0.682. The maximum absolute atomic E-state index is 12.2. The van der Waals surface area contributed by atoms with E-state index in [1.165, 1.54) is 36.4 Å². The summed E-state index contributed by atoms with van der Waals surface area (Å²) in [6, 6.07) is 11.7. The number of benzene rings is 2. The van der Waals surface area contributed by atoms with Gasteiger partial charge in [-0.1, -0.05) is 18.2 Å². The van der Waals surface area contributed by atoms with Crippen LogP contribution in [0.2, 0.25) is 0 Å². The van der Waals surface area contributed by atoms with Crippen molar-refractivity contribution in [2.75, 3.05) is 11.9 Å². The van der Waals surface area contributed by atoms with Crippen molar-refractivity contribution in [2.45, 2.75) is 4.90 Å². The summed E-state index contributed by atoms with van der Waals surface area (Å²) >= 11 is 0. The van der Waals surface area contributed by atoms with Gasteiger partial charge < -0.3 is 5.32 Å². The third-order valence-electron chi connectivity index (χ3n) is 3.63. The Hall–Kier alpha value is -3.04. The summed E-state index contributed by atoms with van der Waals surface area (Å²) in [6.07, 6.45) is 0. The first kappa shape index (κ1) is 16.8. The van der Waals surface area contributed by atoms with Crippen molar-refractivity contribution in [2.24, 2.45) is 5.14 Å². The fraction of sp³-hybridized carbons (Fsp3) is 0.0625. The zero-order valence-electron chi connectivity index (χ0n) is 12.8. The number of carbonyl (C=O) groups excluding carboxylic acids is 3. The summed E-state index contributed by atoms with van der Waals surface area (Å²) in [5.74, 6) is -1.73. The second kappa shape index (κ2) is 6.11. The van der Waals surface area contributed by atoms with Crippen LogP contribution in [-0.2, 0) is 14.8 Å². The molecule has 3 N–H and O–H groups in total. The van der Waals surface area contributed by atoms with Crippen molar-refractivity contribution >= 4 is 33.4 Å². The Morgan fingerprint density at radius 1 is 1.00 bits per heavy atom. The third kappa shape index (κ3) is 3.28. The Kier molecular flexibility index (Phi) is 4.11. The summed E-state index contributed by atoms with van der Waals surface area (Å²) in [4.78, 5) is 37.2. The Balaban J connectivity index is 1.74. The van der Waals surface area contributed by atoms with Gasteiger partial charge in [0.1, 0.15) is 6.54 Å². The van der Waals surface area contributed by atoms with Crippen molar-refractivity contribution in [3.63, 3.8) is 0 Å².